The first kappa shape index (κ1) is 20.2. The number of carbonyl (C=O) groups excluding carboxylic acids is 1. The molecule has 0 saturated carbocycles. The van der Waals surface area contributed by atoms with Gasteiger partial charge >= 0.3 is 0 Å². The molecule has 0 spiro atoms. The van der Waals surface area contributed by atoms with Crippen LogP contribution in [0.1, 0.15) is 18.4 Å². The lowest BCUT2D eigenvalue weighted by Gasteiger charge is -2.32. The van der Waals surface area contributed by atoms with E-state index in [1.54, 1.807) is 19.2 Å². The number of ether oxygens (including phenoxy) is 2. The standard InChI is InChI=1S/C22H26N4O4/c1-28-19-9-2-3-10-20(19)29-15-21(27)23-12-16-6-5-11-26(13-16)14-17-7-4-8-18-22(17)25-30-24-18/h2-4,7-10,16H,5-6,11-15H2,1H3,(H,23,27)/t16-/m0/s1. The molecule has 1 aliphatic heterocycles. The lowest BCUT2D eigenvalue weighted by atomic mass is 9.97. The monoisotopic (exact) mass is 410 g/mol. The van der Waals surface area contributed by atoms with E-state index in [0.29, 0.717) is 24.0 Å². The van der Waals surface area contributed by atoms with Crippen LogP contribution in [-0.2, 0) is 11.3 Å². The number of para-hydroxylation sites is 2. The third kappa shape index (κ3) is 4.88. The molecule has 30 heavy (non-hydrogen) atoms. The molecule has 2 heterocycles. The van der Waals surface area contributed by atoms with Crippen LogP contribution in [0.3, 0.4) is 0 Å². The average molecular weight is 410 g/mol. The van der Waals surface area contributed by atoms with Gasteiger partial charge in [-0.25, -0.2) is 4.63 Å². The van der Waals surface area contributed by atoms with Gasteiger partial charge in [0, 0.05) is 19.6 Å². The number of hydrogen-bond donors (Lipinski definition) is 1. The van der Waals surface area contributed by atoms with Crippen molar-refractivity contribution in [1.29, 1.82) is 0 Å². The van der Waals surface area contributed by atoms with Gasteiger partial charge in [0.15, 0.2) is 18.1 Å². The molecule has 3 aromatic rings. The van der Waals surface area contributed by atoms with E-state index in [1.165, 1.54) is 0 Å². The minimum absolute atomic E-state index is 0.0298. The van der Waals surface area contributed by atoms with Gasteiger partial charge in [0.2, 0.25) is 0 Å². The molecular weight excluding hydrogens is 384 g/mol. The van der Waals surface area contributed by atoms with Gasteiger partial charge in [-0.3, -0.25) is 9.69 Å². The fourth-order valence-electron chi connectivity index (χ4n) is 3.88. The molecule has 0 unspecified atom stereocenters. The summed E-state index contributed by atoms with van der Waals surface area (Å²) in [6.45, 7) is 3.36. The number of nitrogens with zero attached hydrogens (tertiary/aromatic N) is 3. The first-order valence-corrected chi connectivity index (χ1v) is 10.2. The van der Waals surface area contributed by atoms with Crippen LogP contribution < -0.4 is 14.8 Å². The van der Waals surface area contributed by atoms with E-state index in [1.807, 2.05) is 24.3 Å². The summed E-state index contributed by atoms with van der Waals surface area (Å²) in [6.07, 6.45) is 2.20. The molecule has 1 saturated heterocycles. The zero-order valence-corrected chi connectivity index (χ0v) is 17.0. The maximum absolute atomic E-state index is 12.2. The number of fused-ring (bicyclic) bond motifs is 1. The Balaban J connectivity index is 1.25. The Bertz CT molecular complexity index is 990. The van der Waals surface area contributed by atoms with E-state index in [9.17, 15) is 4.79 Å². The number of nitrogens with one attached hydrogen (secondary N) is 1. The van der Waals surface area contributed by atoms with Crippen molar-refractivity contribution >= 4 is 16.9 Å². The summed E-state index contributed by atoms with van der Waals surface area (Å²) < 4.78 is 15.7. The molecule has 1 fully saturated rings. The first-order valence-electron chi connectivity index (χ1n) is 10.2. The van der Waals surface area contributed by atoms with Gasteiger partial charge < -0.3 is 14.8 Å². The predicted molar refractivity (Wildman–Crippen MR) is 111 cm³/mol. The highest BCUT2D eigenvalue weighted by Gasteiger charge is 2.21. The van der Waals surface area contributed by atoms with Gasteiger partial charge in [0.25, 0.3) is 5.91 Å². The average Bonchev–Trinajstić information content (AvgIpc) is 3.27. The normalized spacial score (nSPS) is 17.0. The summed E-state index contributed by atoms with van der Waals surface area (Å²) in [5.41, 5.74) is 2.72. The number of hydrogen-bond acceptors (Lipinski definition) is 7. The van der Waals surface area contributed by atoms with Crippen molar-refractivity contribution in [1.82, 2.24) is 20.5 Å². The molecule has 0 radical (unpaired) electrons. The van der Waals surface area contributed by atoms with Crippen molar-refractivity contribution in [3.63, 3.8) is 0 Å². The van der Waals surface area contributed by atoms with Gasteiger partial charge in [-0.2, -0.15) is 0 Å². The lowest BCUT2D eigenvalue weighted by molar-refractivity contribution is -0.123. The summed E-state index contributed by atoms with van der Waals surface area (Å²) in [5, 5.41) is 10.9. The number of aromatic nitrogens is 2. The highest BCUT2D eigenvalue weighted by Crippen LogP contribution is 2.25. The van der Waals surface area contributed by atoms with E-state index in [4.69, 9.17) is 14.1 Å². The van der Waals surface area contributed by atoms with Crippen molar-refractivity contribution in [2.75, 3.05) is 33.4 Å². The molecular formula is C22H26N4O4. The molecule has 2 aromatic carbocycles. The Hall–Kier alpha value is -3.13. The second-order valence-corrected chi connectivity index (χ2v) is 7.54. The zero-order valence-electron chi connectivity index (χ0n) is 17.0. The Morgan fingerprint density at radius 1 is 1.20 bits per heavy atom. The van der Waals surface area contributed by atoms with E-state index >= 15 is 0 Å². The first-order chi connectivity index (χ1) is 14.7. The maximum Gasteiger partial charge on any atom is 0.257 e. The van der Waals surface area contributed by atoms with E-state index in [2.05, 4.69) is 26.6 Å². The highest BCUT2D eigenvalue weighted by atomic mass is 16.6. The molecule has 4 rings (SSSR count). The molecule has 1 amide bonds. The predicted octanol–water partition coefficient (Wildman–Crippen LogP) is 2.64. The summed E-state index contributed by atoms with van der Waals surface area (Å²) >= 11 is 0. The molecule has 0 bridgehead atoms. The van der Waals surface area contributed by atoms with Crippen LogP contribution in [0.25, 0.3) is 11.0 Å². The minimum Gasteiger partial charge on any atom is -0.493 e. The van der Waals surface area contributed by atoms with Crippen LogP contribution in [0.15, 0.2) is 47.1 Å². The van der Waals surface area contributed by atoms with Crippen molar-refractivity contribution in [2.45, 2.75) is 19.4 Å². The summed E-state index contributed by atoms with van der Waals surface area (Å²) in [4.78, 5) is 14.6. The summed E-state index contributed by atoms with van der Waals surface area (Å²) in [5.74, 6) is 1.46. The fraction of sp³-hybridized carbons (Fsp3) is 0.409. The van der Waals surface area contributed by atoms with Crippen LogP contribution >= 0.6 is 0 Å². The number of likely N-dealkylation sites (tertiary alicyclic amines) is 1. The van der Waals surface area contributed by atoms with Crippen LogP contribution in [0, 0.1) is 5.92 Å². The highest BCUT2D eigenvalue weighted by molar-refractivity contribution is 5.77. The summed E-state index contributed by atoms with van der Waals surface area (Å²) in [7, 11) is 1.58. The van der Waals surface area contributed by atoms with Crippen molar-refractivity contribution in [2.24, 2.45) is 5.92 Å². The van der Waals surface area contributed by atoms with Crippen LogP contribution in [-0.4, -0.2) is 54.5 Å². The van der Waals surface area contributed by atoms with Gasteiger partial charge in [0.05, 0.1) is 7.11 Å². The molecule has 1 atom stereocenters. The lowest BCUT2D eigenvalue weighted by Crippen LogP contribution is -2.41. The number of benzene rings is 2. The minimum atomic E-state index is -0.128. The Morgan fingerprint density at radius 2 is 2.07 bits per heavy atom. The van der Waals surface area contributed by atoms with E-state index in [-0.39, 0.29) is 12.5 Å². The molecule has 8 heteroatoms. The van der Waals surface area contributed by atoms with Crippen molar-refractivity contribution in [3.8, 4) is 11.5 Å². The van der Waals surface area contributed by atoms with Crippen molar-refractivity contribution < 1.29 is 18.9 Å². The number of carbonyl (C=O) groups is 1. The molecule has 1 N–H and O–H groups in total. The zero-order chi connectivity index (χ0) is 20.8. The van der Waals surface area contributed by atoms with E-state index < -0.39 is 0 Å². The molecule has 158 valence electrons. The SMILES string of the molecule is COc1ccccc1OCC(=O)NC[C@@H]1CCCN(Cc2cccc3nonc23)C1. The molecule has 8 nitrogen and oxygen atoms in total. The van der Waals surface area contributed by atoms with Crippen molar-refractivity contribution in [3.05, 3.63) is 48.0 Å². The molecule has 0 aliphatic carbocycles. The second kappa shape index (κ2) is 9.58. The Kier molecular flexibility index (Phi) is 6.44. The third-order valence-corrected chi connectivity index (χ3v) is 5.38. The van der Waals surface area contributed by atoms with Gasteiger partial charge in [-0.1, -0.05) is 24.3 Å². The Morgan fingerprint density at radius 3 is 2.93 bits per heavy atom. The number of amides is 1. The largest absolute Gasteiger partial charge is 0.493 e. The molecule has 1 aliphatic rings. The summed E-state index contributed by atoms with van der Waals surface area (Å²) in [6, 6.07) is 13.2. The number of methoxy groups -OCH3 is 1. The quantitative estimate of drug-likeness (QED) is 0.611. The van der Waals surface area contributed by atoms with Gasteiger partial charge in [0.1, 0.15) is 11.0 Å². The van der Waals surface area contributed by atoms with Crippen LogP contribution in [0.2, 0.25) is 0 Å². The number of piperidine rings is 1. The second-order valence-electron chi connectivity index (χ2n) is 7.54. The van der Waals surface area contributed by atoms with Gasteiger partial charge in [-0.05, 0) is 59.4 Å². The number of rotatable bonds is 8. The third-order valence-electron chi connectivity index (χ3n) is 5.38. The van der Waals surface area contributed by atoms with Crippen LogP contribution in [0.4, 0.5) is 0 Å². The molecule has 1 aromatic heterocycles. The van der Waals surface area contributed by atoms with Gasteiger partial charge in [-0.15, -0.1) is 0 Å². The van der Waals surface area contributed by atoms with Crippen LogP contribution in [0.5, 0.6) is 11.5 Å². The van der Waals surface area contributed by atoms with E-state index in [0.717, 1.165) is 49.1 Å². The maximum atomic E-state index is 12.2. The smallest absolute Gasteiger partial charge is 0.257 e. The fourth-order valence-corrected chi connectivity index (χ4v) is 3.88. The Labute approximate surface area is 175 Å². The topological polar surface area (TPSA) is 89.7 Å².